The van der Waals surface area contributed by atoms with E-state index in [1.54, 1.807) is 24.1 Å². The molecule has 0 spiro atoms. The lowest BCUT2D eigenvalue weighted by molar-refractivity contribution is 0.0988. The van der Waals surface area contributed by atoms with Gasteiger partial charge in [-0.05, 0) is 38.1 Å². The van der Waals surface area contributed by atoms with Crippen molar-refractivity contribution in [3.8, 4) is 0 Å². The quantitative estimate of drug-likeness (QED) is 0.935. The van der Waals surface area contributed by atoms with E-state index in [1.165, 1.54) is 0 Å². The second-order valence-electron chi connectivity index (χ2n) is 4.76. The molecule has 110 valence electrons. The molecular formula is C16H18ClN3O. The molecular weight excluding hydrogens is 286 g/mol. The van der Waals surface area contributed by atoms with E-state index in [-0.39, 0.29) is 11.6 Å². The van der Waals surface area contributed by atoms with Gasteiger partial charge in [0.1, 0.15) is 11.5 Å². The minimum Gasteiger partial charge on any atom is -0.370 e. The topological polar surface area (TPSA) is 45.2 Å². The summed E-state index contributed by atoms with van der Waals surface area (Å²) < 4.78 is 0. The second kappa shape index (κ2) is 6.59. The summed E-state index contributed by atoms with van der Waals surface area (Å²) >= 11 is 6.11. The number of pyridine rings is 1. The zero-order chi connectivity index (χ0) is 15.4. The van der Waals surface area contributed by atoms with Gasteiger partial charge in [-0.3, -0.25) is 4.79 Å². The number of carbonyl (C=O) groups excluding carboxylic acids is 1. The summed E-state index contributed by atoms with van der Waals surface area (Å²) in [6, 6.07) is 11.2. The lowest BCUT2D eigenvalue weighted by Gasteiger charge is -2.18. The number of amides is 1. The third-order valence-corrected chi connectivity index (χ3v) is 3.44. The Morgan fingerprint density at radius 1 is 1.24 bits per heavy atom. The molecule has 0 unspecified atom stereocenters. The molecule has 2 rings (SSSR count). The van der Waals surface area contributed by atoms with Crippen molar-refractivity contribution in [1.82, 2.24) is 4.98 Å². The number of hydrogen-bond donors (Lipinski definition) is 1. The zero-order valence-corrected chi connectivity index (χ0v) is 13.1. The summed E-state index contributed by atoms with van der Waals surface area (Å²) in [5.41, 5.74) is 2.19. The summed E-state index contributed by atoms with van der Waals surface area (Å²) in [4.78, 5) is 18.4. The summed E-state index contributed by atoms with van der Waals surface area (Å²) in [5.74, 6) is 0.408. The fourth-order valence-corrected chi connectivity index (χ4v) is 2.10. The average Bonchev–Trinajstić information content (AvgIpc) is 2.49. The summed E-state index contributed by atoms with van der Waals surface area (Å²) in [5, 5.41) is 3.42. The molecule has 21 heavy (non-hydrogen) atoms. The van der Waals surface area contributed by atoms with E-state index in [9.17, 15) is 4.79 Å². The maximum atomic E-state index is 12.6. The number of aromatic nitrogens is 1. The predicted molar refractivity (Wildman–Crippen MR) is 87.3 cm³/mol. The summed E-state index contributed by atoms with van der Waals surface area (Å²) in [6.45, 7) is 4.70. The van der Waals surface area contributed by atoms with E-state index < -0.39 is 0 Å². The molecule has 0 aliphatic rings. The molecule has 1 amide bonds. The number of anilines is 2. The molecule has 0 aliphatic heterocycles. The van der Waals surface area contributed by atoms with Crippen molar-refractivity contribution in [2.24, 2.45) is 0 Å². The number of benzene rings is 1. The Bertz CT molecular complexity index is 640. The number of halogens is 1. The maximum absolute atomic E-state index is 12.6. The van der Waals surface area contributed by atoms with Crippen molar-refractivity contribution in [1.29, 1.82) is 0 Å². The normalized spacial score (nSPS) is 10.3. The van der Waals surface area contributed by atoms with Crippen LogP contribution in [0.5, 0.6) is 0 Å². The Morgan fingerprint density at radius 3 is 2.52 bits per heavy atom. The van der Waals surface area contributed by atoms with Gasteiger partial charge in [0.25, 0.3) is 5.91 Å². The monoisotopic (exact) mass is 303 g/mol. The fourth-order valence-electron chi connectivity index (χ4n) is 1.92. The van der Waals surface area contributed by atoms with Crippen molar-refractivity contribution < 1.29 is 4.79 Å². The van der Waals surface area contributed by atoms with E-state index in [0.717, 1.165) is 17.8 Å². The Balaban J connectivity index is 2.30. The third kappa shape index (κ3) is 3.52. The first-order valence-electron chi connectivity index (χ1n) is 6.78. The molecule has 1 heterocycles. The highest BCUT2D eigenvalue weighted by Crippen LogP contribution is 2.21. The van der Waals surface area contributed by atoms with Gasteiger partial charge in [-0.15, -0.1) is 0 Å². The molecule has 0 saturated carbocycles. The highest BCUT2D eigenvalue weighted by Gasteiger charge is 2.18. The number of carbonyl (C=O) groups is 1. The Morgan fingerprint density at radius 2 is 1.90 bits per heavy atom. The van der Waals surface area contributed by atoms with Crippen LogP contribution in [-0.2, 0) is 0 Å². The molecule has 4 nitrogen and oxygen atoms in total. The van der Waals surface area contributed by atoms with Gasteiger partial charge in [0.15, 0.2) is 0 Å². The molecule has 1 aromatic carbocycles. The number of hydrogen-bond acceptors (Lipinski definition) is 3. The van der Waals surface area contributed by atoms with Crippen LogP contribution < -0.4 is 10.2 Å². The molecule has 0 atom stereocenters. The van der Waals surface area contributed by atoms with Crippen molar-refractivity contribution in [3.05, 3.63) is 52.7 Å². The second-order valence-corrected chi connectivity index (χ2v) is 5.16. The van der Waals surface area contributed by atoms with Crippen molar-refractivity contribution in [2.45, 2.75) is 13.8 Å². The minimum absolute atomic E-state index is 0.233. The van der Waals surface area contributed by atoms with Crippen molar-refractivity contribution in [3.63, 3.8) is 0 Å². The molecule has 5 heteroatoms. The van der Waals surface area contributed by atoms with Crippen LogP contribution in [0.15, 0.2) is 36.4 Å². The minimum atomic E-state index is -0.233. The van der Waals surface area contributed by atoms with Gasteiger partial charge in [-0.2, -0.15) is 0 Å². The van der Waals surface area contributed by atoms with Gasteiger partial charge in [0.2, 0.25) is 0 Å². The maximum Gasteiger partial charge on any atom is 0.278 e. The van der Waals surface area contributed by atoms with Gasteiger partial charge in [0, 0.05) is 19.3 Å². The largest absolute Gasteiger partial charge is 0.370 e. The van der Waals surface area contributed by atoms with E-state index in [0.29, 0.717) is 10.8 Å². The summed E-state index contributed by atoms with van der Waals surface area (Å²) in [6.07, 6.45) is 0. The van der Waals surface area contributed by atoms with E-state index in [1.807, 2.05) is 38.1 Å². The van der Waals surface area contributed by atoms with Crippen LogP contribution in [-0.4, -0.2) is 24.5 Å². The van der Waals surface area contributed by atoms with Gasteiger partial charge in [-0.25, -0.2) is 4.98 Å². The predicted octanol–water partition coefficient (Wildman–Crippen LogP) is 3.75. The van der Waals surface area contributed by atoms with Gasteiger partial charge in [0.05, 0.1) is 5.02 Å². The average molecular weight is 304 g/mol. The van der Waals surface area contributed by atoms with E-state index in [4.69, 9.17) is 11.6 Å². The van der Waals surface area contributed by atoms with Crippen LogP contribution in [0.3, 0.4) is 0 Å². The molecule has 0 bridgehead atoms. The van der Waals surface area contributed by atoms with Crippen LogP contribution in [0.4, 0.5) is 11.5 Å². The Hall–Kier alpha value is -2.07. The smallest absolute Gasteiger partial charge is 0.278 e. The van der Waals surface area contributed by atoms with Crippen LogP contribution in [0, 0.1) is 6.92 Å². The van der Waals surface area contributed by atoms with Gasteiger partial charge < -0.3 is 10.2 Å². The SMILES string of the molecule is CCNc1ccc(Cl)c(C(=O)N(C)c2ccc(C)cc2)n1. The van der Waals surface area contributed by atoms with Gasteiger partial charge in [-0.1, -0.05) is 29.3 Å². The number of aryl methyl sites for hydroxylation is 1. The van der Waals surface area contributed by atoms with Crippen LogP contribution >= 0.6 is 11.6 Å². The zero-order valence-electron chi connectivity index (χ0n) is 12.4. The highest BCUT2D eigenvalue weighted by atomic mass is 35.5. The van der Waals surface area contributed by atoms with Crippen LogP contribution in [0.25, 0.3) is 0 Å². The highest BCUT2D eigenvalue weighted by molar-refractivity contribution is 6.34. The lowest BCUT2D eigenvalue weighted by atomic mass is 10.2. The molecule has 0 aliphatic carbocycles. The first kappa shape index (κ1) is 15.3. The third-order valence-electron chi connectivity index (χ3n) is 3.13. The van der Waals surface area contributed by atoms with E-state index >= 15 is 0 Å². The molecule has 2 aromatic rings. The Labute approximate surface area is 129 Å². The van der Waals surface area contributed by atoms with Crippen LogP contribution in [0.1, 0.15) is 23.0 Å². The Kier molecular flexibility index (Phi) is 4.81. The van der Waals surface area contributed by atoms with Crippen LogP contribution in [0.2, 0.25) is 5.02 Å². The molecule has 0 radical (unpaired) electrons. The van der Waals surface area contributed by atoms with E-state index in [2.05, 4.69) is 10.3 Å². The first-order chi connectivity index (χ1) is 10.0. The molecule has 0 saturated heterocycles. The fraction of sp³-hybridized carbons (Fsp3) is 0.250. The van der Waals surface area contributed by atoms with Gasteiger partial charge >= 0.3 is 0 Å². The number of nitrogens with zero attached hydrogens (tertiary/aromatic N) is 2. The standard InChI is InChI=1S/C16H18ClN3O/c1-4-18-14-10-9-13(17)15(19-14)16(21)20(3)12-7-5-11(2)6-8-12/h5-10H,4H2,1-3H3,(H,18,19). The molecule has 0 fully saturated rings. The lowest BCUT2D eigenvalue weighted by Crippen LogP contribution is -2.27. The first-order valence-corrected chi connectivity index (χ1v) is 7.16. The number of rotatable bonds is 4. The number of nitrogens with one attached hydrogen (secondary N) is 1. The van der Waals surface area contributed by atoms with Crippen molar-refractivity contribution >= 4 is 29.0 Å². The molecule has 1 N–H and O–H groups in total. The summed E-state index contributed by atoms with van der Waals surface area (Å²) in [7, 11) is 1.71. The molecule has 1 aromatic heterocycles. The van der Waals surface area contributed by atoms with Crippen molar-refractivity contribution in [2.75, 3.05) is 23.8 Å².